The highest BCUT2D eigenvalue weighted by molar-refractivity contribution is 6.30. The van der Waals surface area contributed by atoms with Crippen LogP contribution in [0.1, 0.15) is 5.56 Å². The van der Waals surface area contributed by atoms with Crippen LogP contribution in [0, 0.1) is 0 Å². The van der Waals surface area contributed by atoms with Crippen molar-refractivity contribution in [1.82, 2.24) is 10.4 Å². The van der Waals surface area contributed by atoms with E-state index in [2.05, 4.69) is 5.43 Å². The van der Waals surface area contributed by atoms with Gasteiger partial charge >= 0.3 is 0 Å². The number of phenolic OH excluding ortho intramolecular Hbond substituents is 1. The van der Waals surface area contributed by atoms with Crippen molar-refractivity contribution >= 4 is 11.6 Å². The van der Waals surface area contributed by atoms with E-state index in [1.165, 1.54) is 7.11 Å². The predicted molar refractivity (Wildman–Crippen MR) is 60.2 cm³/mol. The van der Waals surface area contributed by atoms with Crippen LogP contribution in [0.5, 0.6) is 11.5 Å². The maximum Gasteiger partial charge on any atom is 0.162 e. The Kier molecular flexibility index (Phi) is 4.20. The zero-order valence-electron chi connectivity index (χ0n) is 9.04. The van der Waals surface area contributed by atoms with Crippen molar-refractivity contribution in [2.24, 2.45) is 0 Å². The molecule has 0 saturated heterocycles. The molecule has 0 bridgehead atoms. The predicted octanol–water partition coefficient (Wildman–Crippen LogP) is 1.62. The van der Waals surface area contributed by atoms with Gasteiger partial charge in [0.1, 0.15) is 0 Å². The first-order valence-corrected chi connectivity index (χ1v) is 4.88. The largest absolute Gasteiger partial charge is 0.504 e. The molecular weight excluding hydrogens is 216 g/mol. The highest BCUT2D eigenvalue weighted by Crippen LogP contribution is 2.33. The fourth-order valence-corrected chi connectivity index (χ4v) is 1.39. The Balaban J connectivity index is 2.91. The van der Waals surface area contributed by atoms with Crippen molar-refractivity contribution in [3.63, 3.8) is 0 Å². The van der Waals surface area contributed by atoms with Gasteiger partial charge in [-0.05, 0) is 6.07 Å². The lowest BCUT2D eigenvalue weighted by atomic mass is 10.2. The average Bonchev–Trinajstić information content (AvgIpc) is 2.18. The first-order valence-electron chi connectivity index (χ1n) is 4.50. The lowest BCUT2D eigenvalue weighted by Crippen LogP contribution is -2.29. The molecule has 2 N–H and O–H groups in total. The standard InChI is InChI=1S/C10H15ClN2O2/c1-13(2)12-6-7-4-8(11)5-9(15-3)10(7)14/h4-5,12,14H,6H2,1-3H3. The van der Waals surface area contributed by atoms with Crippen molar-refractivity contribution in [3.05, 3.63) is 22.7 Å². The summed E-state index contributed by atoms with van der Waals surface area (Å²) in [5, 5.41) is 12.1. The quantitative estimate of drug-likeness (QED) is 0.772. The number of hydrazine groups is 1. The summed E-state index contributed by atoms with van der Waals surface area (Å²) in [6, 6.07) is 3.28. The molecule has 4 nitrogen and oxygen atoms in total. The normalized spacial score (nSPS) is 10.7. The van der Waals surface area contributed by atoms with Gasteiger partial charge in [-0.15, -0.1) is 0 Å². The van der Waals surface area contributed by atoms with E-state index in [0.717, 1.165) is 0 Å². The van der Waals surface area contributed by atoms with E-state index >= 15 is 0 Å². The van der Waals surface area contributed by atoms with Crippen molar-refractivity contribution in [2.45, 2.75) is 6.54 Å². The van der Waals surface area contributed by atoms with Gasteiger partial charge in [-0.2, -0.15) is 0 Å². The van der Waals surface area contributed by atoms with Crippen molar-refractivity contribution in [1.29, 1.82) is 0 Å². The molecule has 0 spiro atoms. The molecule has 0 aliphatic heterocycles. The van der Waals surface area contributed by atoms with Crippen LogP contribution >= 0.6 is 11.6 Å². The van der Waals surface area contributed by atoms with E-state index in [0.29, 0.717) is 22.9 Å². The summed E-state index contributed by atoms with van der Waals surface area (Å²) in [6.45, 7) is 0.496. The molecule has 0 radical (unpaired) electrons. The molecule has 0 aliphatic carbocycles. The number of hydrogen-bond donors (Lipinski definition) is 2. The first kappa shape index (κ1) is 12.1. The number of rotatable bonds is 4. The summed E-state index contributed by atoms with van der Waals surface area (Å²) in [5.74, 6) is 0.509. The maximum atomic E-state index is 9.78. The van der Waals surface area contributed by atoms with Gasteiger partial charge in [0.15, 0.2) is 11.5 Å². The molecule has 1 rings (SSSR count). The third-order valence-electron chi connectivity index (χ3n) is 1.92. The number of methoxy groups -OCH3 is 1. The van der Waals surface area contributed by atoms with Crippen LogP contribution in [0.3, 0.4) is 0 Å². The molecule has 15 heavy (non-hydrogen) atoms. The SMILES string of the molecule is COc1cc(Cl)cc(CNN(C)C)c1O. The lowest BCUT2D eigenvalue weighted by molar-refractivity contribution is 0.282. The summed E-state index contributed by atoms with van der Waals surface area (Å²) in [7, 11) is 5.24. The van der Waals surface area contributed by atoms with E-state index in [-0.39, 0.29) is 5.75 Å². The van der Waals surface area contributed by atoms with Crippen LogP contribution in [0.4, 0.5) is 0 Å². The maximum absolute atomic E-state index is 9.78. The van der Waals surface area contributed by atoms with Crippen LogP contribution in [0.15, 0.2) is 12.1 Å². The first-order chi connectivity index (χ1) is 7.04. The Morgan fingerprint density at radius 2 is 2.13 bits per heavy atom. The Labute approximate surface area is 94.4 Å². The summed E-state index contributed by atoms with van der Waals surface area (Å²) < 4.78 is 5.00. The van der Waals surface area contributed by atoms with Crippen LogP contribution in [0.2, 0.25) is 5.02 Å². The fourth-order valence-electron chi connectivity index (χ4n) is 1.16. The minimum Gasteiger partial charge on any atom is -0.504 e. The third kappa shape index (κ3) is 3.27. The molecule has 0 aliphatic rings. The molecule has 1 aromatic rings. The molecule has 0 heterocycles. The second-order valence-corrected chi connectivity index (χ2v) is 3.78. The minimum absolute atomic E-state index is 0.122. The van der Waals surface area contributed by atoms with E-state index < -0.39 is 0 Å². The van der Waals surface area contributed by atoms with E-state index in [1.54, 1.807) is 17.1 Å². The van der Waals surface area contributed by atoms with Crippen molar-refractivity contribution in [3.8, 4) is 11.5 Å². The smallest absolute Gasteiger partial charge is 0.162 e. The van der Waals surface area contributed by atoms with Crippen molar-refractivity contribution in [2.75, 3.05) is 21.2 Å². The van der Waals surface area contributed by atoms with Gasteiger partial charge in [0.2, 0.25) is 0 Å². The van der Waals surface area contributed by atoms with Gasteiger partial charge in [-0.25, -0.2) is 0 Å². The van der Waals surface area contributed by atoms with Gasteiger partial charge in [-0.3, -0.25) is 10.4 Å². The molecule has 0 atom stereocenters. The molecule has 0 amide bonds. The Hall–Kier alpha value is -0.970. The van der Waals surface area contributed by atoms with Crippen LogP contribution in [-0.2, 0) is 6.54 Å². The number of benzene rings is 1. The Morgan fingerprint density at radius 1 is 1.47 bits per heavy atom. The van der Waals surface area contributed by atoms with Gasteiger partial charge in [-0.1, -0.05) is 11.6 Å². The number of nitrogens with zero attached hydrogens (tertiary/aromatic N) is 1. The molecule has 0 aromatic heterocycles. The Morgan fingerprint density at radius 3 is 2.67 bits per heavy atom. The number of hydrogen-bond acceptors (Lipinski definition) is 4. The average molecular weight is 231 g/mol. The molecule has 0 unspecified atom stereocenters. The highest BCUT2D eigenvalue weighted by Gasteiger charge is 2.09. The summed E-state index contributed by atoms with van der Waals surface area (Å²) in [5.41, 5.74) is 3.74. The number of phenols is 1. The topological polar surface area (TPSA) is 44.7 Å². The van der Waals surface area contributed by atoms with Crippen LogP contribution in [0.25, 0.3) is 0 Å². The second kappa shape index (κ2) is 5.21. The van der Waals surface area contributed by atoms with Crippen molar-refractivity contribution < 1.29 is 9.84 Å². The third-order valence-corrected chi connectivity index (χ3v) is 2.14. The van der Waals surface area contributed by atoms with E-state index in [1.807, 2.05) is 14.1 Å². The zero-order valence-corrected chi connectivity index (χ0v) is 9.80. The summed E-state index contributed by atoms with van der Waals surface area (Å²) >= 11 is 5.88. The monoisotopic (exact) mass is 230 g/mol. The molecule has 84 valence electrons. The molecular formula is C10H15ClN2O2. The van der Waals surface area contributed by atoms with E-state index in [9.17, 15) is 5.11 Å². The lowest BCUT2D eigenvalue weighted by Gasteiger charge is -2.14. The van der Waals surface area contributed by atoms with E-state index in [4.69, 9.17) is 16.3 Å². The second-order valence-electron chi connectivity index (χ2n) is 3.35. The highest BCUT2D eigenvalue weighted by atomic mass is 35.5. The van der Waals surface area contributed by atoms with Gasteiger partial charge in [0, 0.05) is 37.3 Å². The molecule has 0 saturated carbocycles. The number of ether oxygens (including phenoxy) is 1. The van der Waals surface area contributed by atoms with Gasteiger partial charge in [0.05, 0.1) is 7.11 Å². The molecule has 1 aromatic carbocycles. The fraction of sp³-hybridized carbons (Fsp3) is 0.400. The van der Waals surface area contributed by atoms with Gasteiger partial charge in [0.25, 0.3) is 0 Å². The number of nitrogens with one attached hydrogen (secondary N) is 1. The van der Waals surface area contributed by atoms with Gasteiger partial charge < -0.3 is 9.84 Å². The Bertz CT molecular complexity index is 342. The van der Waals surface area contributed by atoms with Crippen LogP contribution in [-0.4, -0.2) is 31.3 Å². The zero-order chi connectivity index (χ0) is 11.4. The minimum atomic E-state index is 0.122. The summed E-state index contributed by atoms with van der Waals surface area (Å²) in [4.78, 5) is 0. The number of aromatic hydroxyl groups is 1. The molecule has 5 heteroatoms. The molecule has 0 fully saturated rings. The van der Waals surface area contributed by atoms with Crippen LogP contribution < -0.4 is 10.2 Å². The number of halogens is 1. The summed E-state index contributed by atoms with van der Waals surface area (Å²) in [6.07, 6.45) is 0.